The molecule has 1 N–H and O–H groups in total. The third-order valence-corrected chi connectivity index (χ3v) is 8.25. The number of fused-ring (bicyclic) bond motifs is 6. The molecule has 0 radical (unpaired) electrons. The largest absolute Gasteiger partial charge is 0.354 e. The molecule has 0 bridgehead atoms. The molecule has 1 aliphatic heterocycles. The summed E-state index contributed by atoms with van der Waals surface area (Å²) in [5.74, 6) is 0. The molecule has 0 atom stereocenters. The molecule has 184 valence electrons. The Kier molecular flexibility index (Phi) is 4.77. The summed E-state index contributed by atoms with van der Waals surface area (Å²) in [6, 6.07) is 55.0. The van der Waals surface area contributed by atoms with Crippen molar-refractivity contribution in [3.63, 3.8) is 0 Å². The lowest BCUT2D eigenvalue weighted by Crippen LogP contribution is -2.37. The molecule has 39 heavy (non-hydrogen) atoms. The molecule has 7 aromatic rings. The fraction of sp³-hybridized carbons (Fsp3) is 0.0270. The first-order valence-corrected chi connectivity index (χ1v) is 13.5. The van der Waals surface area contributed by atoms with E-state index in [1.807, 2.05) is 0 Å². The number of aromatic amines is 1. The fourth-order valence-corrected chi connectivity index (χ4v) is 6.72. The van der Waals surface area contributed by atoms with Gasteiger partial charge in [0, 0.05) is 27.5 Å². The third kappa shape index (κ3) is 3.03. The maximum Gasteiger partial charge on any atom is 0.0742 e. The lowest BCUT2D eigenvalue weighted by molar-refractivity contribution is 0.733. The molecular weight excluding hydrogens is 472 g/mol. The van der Waals surface area contributed by atoms with Gasteiger partial charge in [0.1, 0.15) is 0 Å². The van der Waals surface area contributed by atoms with Crippen LogP contribution in [0.2, 0.25) is 0 Å². The van der Waals surface area contributed by atoms with Crippen LogP contribution in [0.3, 0.4) is 0 Å². The van der Waals surface area contributed by atoms with Crippen molar-refractivity contribution in [2.24, 2.45) is 0 Å². The second-order valence-corrected chi connectivity index (χ2v) is 10.2. The van der Waals surface area contributed by atoms with E-state index in [0.717, 1.165) is 16.7 Å². The highest BCUT2D eigenvalue weighted by Crippen LogP contribution is 2.59. The van der Waals surface area contributed by atoms with Crippen LogP contribution in [-0.2, 0) is 5.41 Å². The van der Waals surface area contributed by atoms with Crippen LogP contribution >= 0.6 is 0 Å². The summed E-state index contributed by atoms with van der Waals surface area (Å²) < 4.78 is 0. The summed E-state index contributed by atoms with van der Waals surface area (Å²) in [5.41, 5.74) is 10.4. The van der Waals surface area contributed by atoms with E-state index in [1.165, 1.54) is 44.4 Å². The summed E-state index contributed by atoms with van der Waals surface area (Å²) in [5, 5.41) is 2.48. The second kappa shape index (κ2) is 8.47. The van der Waals surface area contributed by atoms with Crippen LogP contribution in [0.15, 0.2) is 152 Å². The van der Waals surface area contributed by atoms with E-state index >= 15 is 0 Å². The predicted octanol–water partition coefficient (Wildman–Crippen LogP) is 9.49. The van der Waals surface area contributed by atoms with E-state index in [0.29, 0.717) is 0 Å². The van der Waals surface area contributed by atoms with E-state index in [2.05, 4.69) is 162 Å². The van der Waals surface area contributed by atoms with Gasteiger partial charge in [-0.3, -0.25) is 0 Å². The Hall–Kier alpha value is -5.08. The number of aromatic nitrogens is 1. The zero-order valence-corrected chi connectivity index (χ0v) is 21.4. The smallest absolute Gasteiger partial charge is 0.0742 e. The molecule has 0 amide bonds. The molecule has 0 saturated carbocycles. The first-order chi connectivity index (χ1) is 19.4. The van der Waals surface area contributed by atoms with Gasteiger partial charge < -0.3 is 9.88 Å². The molecule has 2 heterocycles. The lowest BCUT2D eigenvalue weighted by atomic mass is 9.62. The van der Waals surface area contributed by atoms with Crippen molar-refractivity contribution in [2.75, 3.05) is 4.90 Å². The Bertz CT molecular complexity index is 1910. The summed E-state index contributed by atoms with van der Waals surface area (Å²) in [6.45, 7) is 0. The quantitative estimate of drug-likeness (QED) is 0.257. The number of H-pyrrole nitrogens is 1. The molecule has 0 fully saturated rings. The van der Waals surface area contributed by atoms with Gasteiger partial charge in [0.05, 0.1) is 16.8 Å². The maximum atomic E-state index is 3.70. The van der Waals surface area contributed by atoms with Crippen molar-refractivity contribution in [3.05, 3.63) is 174 Å². The highest BCUT2D eigenvalue weighted by Gasteiger charge is 2.47. The number of hydrogen-bond acceptors (Lipinski definition) is 1. The molecule has 2 heteroatoms. The van der Waals surface area contributed by atoms with Crippen molar-refractivity contribution in [2.45, 2.75) is 5.41 Å². The minimum absolute atomic E-state index is 0.494. The van der Waals surface area contributed by atoms with E-state index in [-0.39, 0.29) is 0 Å². The van der Waals surface area contributed by atoms with Gasteiger partial charge in [-0.15, -0.1) is 0 Å². The molecule has 1 aliphatic rings. The Morgan fingerprint density at radius 1 is 0.462 bits per heavy atom. The monoisotopic (exact) mass is 498 g/mol. The first kappa shape index (κ1) is 22.0. The Morgan fingerprint density at radius 2 is 1.05 bits per heavy atom. The minimum atomic E-state index is -0.494. The molecule has 1 aromatic heterocycles. The summed E-state index contributed by atoms with van der Waals surface area (Å²) in [7, 11) is 0. The van der Waals surface area contributed by atoms with Gasteiger partial charge in [-0.05, 0) is 52.6 Å². The Morgan fingerprint density at radius 3 is 1.77 bits per heavy atom. The average molecular weight is 499 g/mol. The highest BCUT2D eigenvalue weighted by molar-refractivity contribution is 6.17. The number of benzene rings is 6. The van der Waals surface area contributed by atoms with Gasteiger partial charge in [-0.25, -0.2) is 0 Å². The van der Waals surface area contributed by atoms with Gasteiger partial charge >= 0.3 is 0 Å². The number of hydrogen-bond donors (Lipinski definition) is 1. The van der Waals surface area contributed by atoms with Gasteiger partial charge in [0.2, 0.25) is 0 Å². The first-order valence-electron chi connectivity index (χ1n) is 13.5. The maximum absolute atomic E-state index is 3.70. The molecule has 6 aromatic carbocycles. The highest BCUT2D eigenvalue weighted by atomic mass is 15.2. The molecule has 0 aliphatic carbocycles. The van der Waals surface area contributed by atoms with E-state index < -0.39 is 5.41 Å². The molecular formula is C37H26N2. The Labute approximate surface area is 227 Å². The molecule has 8 rings (SSSR count). The van der Waals surface area contributed by atoms with Crippen LogP contribution in [0.1, 0.15) is 22.3 Å². The van der Waals surface area contributed by atoms with Crippen molar-refractivity contribution < 1.29 is 0 Å². The lowest BCUT2D eigenvalue weighted by Gasteiger charge is -2.46. The number of anilines is 3. The molecule has 0 spiro atoms. The van der Waals surface area contributed by atoms with Crippen LogP contribution < -0.4 is 4.90 Å². The molecule has 2 nitrogen and oxygen atoms in total. The predicted molar refractivity (Wildman–Crippen MR) is 162 cm³/mol. The van der Waals surface area contributed by atoms with Gasteiger partial charge in [0.15, 0.2) is 0 Å². The SMILES string of the molecule is c1ccc(N2c3ccccc3C(c3ccccc3)(c3ccccc3)c3ccc4[nH]c5ccccc5c4c32)cc1. The van der Waals surface area contributed by atoms with Crippen molar-refractivity contribution in [1.82, 2.24) is 4.98 Å². The van der Waals surface area contributed by atoms with Crippen molar-refractivity contribution in [1.29, 1.82) is 0 Å². The average Bonchev–Trinajstić information content (AvgIpc) is 3.40. The van der Waals surface area contributed by atoms with Crippen LogP contribution in [0.5, 0.6) is 0 Å². The number of rotatable bonds is 3. The zero-order valence-electron chi connectivity index (χ0n) is 21.4. The molecule has 0 saturated heterocycles. The van der Waals surface area contributed by atoms with Crippen LogP contribution in [-0.4, -0.2) is 4.98 Å². The fourth-order valence-electron chi connectivity index (χ4n) is 6.72. The zero-order chi connectivity index (χ0) is 25.8. The van der Waals surface area contributed by atoms with Crippen LogP contribution in [0, 0.1) is 0 Å². The van der Waals surface area contributed by atoms with Crippen molar-refractivity contribution >= 4 is 38.9 Å². The van der Waals surface area contributed by atoms with Gasteiger partial charge in [0.25, 0.3) is 0 Å². The van der Waals surface area contributed by atoms with E-state index in [1.54, 1.807) is 0 Å². The standard InChI is InChI=1S/C37H26N2/c1-4-14-26(15-5-1)37(27-16-6-2-7-17-27)30-21-11-13-23-34(30)39(28-18-8-3-9-19-28)36-31(37)24-25-33-35(36)29-20-10-12-22-32(29)38-33/h1-25,38H. The third-order valence-electron chi connectivity index (χ3n) is 8.25. The van der Waals surface area contributed by atoms with Gasteiger partial charge in [-0.2, -0.15) is 0 Å². The number of nitrogens with zero attached hydrogens (tertiary/aromatic N) is 1. The second-order valence-electron chi connectivity index (χ2n) is 10.2. The van der Waals surface area contributed by atoms with Crippen LogP contribution in [0.4, 0.5) is 17.1 Å². The van der Waals surface area contributed by atoms with Crippen molar-refractivity contribution in [3.8, 4) is 0 Å². The normalized spacial score (nSPS) is 13.8. The number of nitrogens with one attached hydrogen (secondary N) is 1. The van der Waals surface area contributed by atoms with E-state index in [9.17, 15) is 0 Å². The Balaban J connectivity index is 1.63. The number of para-hydroxylation sites is 3. The summed E-state index contributed by atoms with van der Waals surface area (Å²) in [4.78, 5) is 6.17. The van der Waals surface area contributed by atoms with Crippen LogP contribution in [0.25, 0.3) is 21.8 Å². The molecule has 0 unspecified atom stereocenters. The summed E-state index contributed by atoms with van der Waals surface area (Å²) >= 11 is 0. The van der Waals surface area contributed by atoms with Gasteiger partial charge in [-0.1, -0.05) is 121 Å². The van der Waals surface area contributed by atoms with E-state index in [4.69, 9.17) is 0 Å². The summed E-state index contributed by atoms with van der Waals surface area (Å²) in [6.07, 6.45) is 0. The minimum Gasteiger partial charge on any atom is -0.354 e. The topological polar surface area (TPSA) is 19.0 Å².